The Morgan fingerprint density at radius 1 is 0.935 bits per heavy atom. The molecule has 31 heavy (non-hydrogen) atoms. The van der Waals surface area contributed by atoms with Crippen LogP contribution in [0.1, 0.15) is 30.9 Å². The first-order valence-electron chi connectivity index (χ1n) is 9.68. The predicted octanol–water partition coefficient (Wildman–Crippen LogP) is 4.61. The minimum Gasteiger partial charge on any atom is -0.488 e. The molecule has 1 aliphatic rings. The van der Waals surface area contributed by atoms with Crippen molar-refractivity contribution in [3.05, 3.63) is 86.7 Å². The van der Waals surface area contributed by atoms with Gasteiger partial charge in [-0.1, -0.05) is 36.4 Å². The van der Waals surface area contributed by atoms with E-state index in [1.807, 2.05) is 48.5 Å². The number of rotatable bonds is 6. The summed E-state index contributed by atoms with van der Waals surface area (Å²) in [5.74, 6) is -1.00. The molecule has 0 atom stereocenters. The van der Waals surface area contributed by atoms with Crippen LogP contribution >= 0.6 is 15.9 Å². The van der Waals surface area contributed by atoms with Gasteiger partial charge in [0.05, 0.1) is 35.8 Å². The fourth-order valence-corrected chi connectivity index (χ4v) is 4.15. The summed E-state index contributed by atoms with van der Waals surface area (Å²) in [6.45, 7) is 3.98. The number of carbonyl (C=O) groups is 2. The number of allylic oxidation sites excluding steroid dienone is 2. The van der Waals surface area contributed by atoms with Crippen LogP contribution in [0.25, 0.3) is 0 Å². The fraction of sp³-hybridized carbons (Fsp3) is 0.250. The summed E-state index contributed by atoms with van der Waals surface area (Å²) < 4.78 is 16.6. The average molecular weight is 486 g/mol. The van der Waals surface area contributed by atoms with Crippen LogP contribution in [0.4, 0.5) is 0 Å². The van der Waals surface area contributed by atoms with Gasteiger partial charge in [-0.25, -0.2) is 9.59 Å². The number of esters is 2. The van der Waals surface area contributed by atoms with Gasteiger partial charge in [-0.15, -0.1) is 0 Å². The van der Waals surface area contributed by atoms with E-state index < -0.39 is 17.9 Å². The van der Waals surface area contributed by atoms with E-state index in [-0.39, 0.29) is 0 Å². The van der Waals surface area contributed by atoms with Crippen molar-refractivity contribution in [3.8, 4) is 5.75 Å². The highest BCUT2D eigenvalue weighted by molar-refractivity contribution is 9.10. The lowest BCUT2D eigenvalue weighted by atomic mass is 9.80. The van der Waals surface area contributed by atoms with E-state index in [0.29, 0.717) is 39.4 Å². The Morgan fingerprint density at radius 3 is 2.03 bits per heavy atom. The maximum Gasteiger partial charge on any atom is 0.336 e. The minimum atomic E-state index is -0.638. The molecule has 0 aliphatic carbocycles. The van der Waals surface area contributed by atoms with Crippen molar-refractivity contribution in [1.29, 1.82) is 0 Å². The van der Waals surface area contributed by atoms with Crippen LogP contribution in [-0.2, 0) is 25.7 Å². The molecule has 6 nitrogen and oxygen atoms in total. The van der Waals surface area contributed by atoms with Crippen molar-refractivity contribution >= 4 is 27.9 Å². The van der Waals surface area contributed by atoms with Gasteiger partial charge in [0.2, 0.25) is 0 Å². The third kappa shape index (κ3) is 4.82. The van der Waals surface area contributed by atoms with E-state index in [1.165, 1.54) is 14.2 Å². The van der Waals surface area contributed by atoms with Crippen LogP contribution in [0.3, 0.4) is 0 Å². The Kier molecular flexibility index (Phi) is 7.17. The molecule has 0 amide bonds. The summed E-state index contributed by atoms with van der Waals surface area (Å²) in [6.07, 6.45) is 0. The number of methoxy groups -OCH3 is 2. The van der Waals surface area contributed by atoms with Crippen LogP contribution in [0.15, 0.2) is 75.5 Å². The number of carbonyl (C=O) groups excluding carboxylic acids is 2. The summed E-state index contributed by atoms with van der Waals surface area (Å²) in [6, 6.07) is 15.4. The maximum absolute atomic E-state index is 12.6. The molecule has 0 fully saturated rings. The van der Waals surface area contributed by atoms with Crippen molar-refractivity contribution < 1.29 is 23.8 Å². The summed E-state index contributed by atoms with van der Waals surface area (Å²) in [5.41, 5.74) is 3.76. The number of halogens is 1. The second kappa shape index (κ2) is 9.83. The third-order valence-electron chi connectivity index (χ3n) is 5.10. The van der Waals surface area contributed by atoms with Crippen molar-refractivity contribution in [1.82, 2.24) is 5.32 Å². The number of hydrogen-bond donors (Lipinski definition) is 1. The molecule has 0 saturated carbocycles. The first-order valence-corrected chi connectivity index (χ1v) is 10.5. The zero-order chi connectivity index (χ0) is 22.5. The fourth-order valence-electron chi connectivity index (χ4n) is 3.64. The predicted molar refractivity (Wildman–Crippen MR) is 120 cm³/mol. The summed E-state index contributed by atoms with van der Waals surface area (Å²) in [7, 11) is 2.64. The molecule has 0 bridgehead atoms. The number of hydrogen-bond acceptors (Lipinski definition) is 6. The highest BCUT2D eigenvalue weighted by Crippen LogP contribution is 2.41. The topological polar surface area (TPSA) is 73.9 Å². The van der Waals surface area contributed by atoms with E-state index >= 15 is 0 Å². The Morgan fingerprint density at radius 2 is 1.52 bits per heavy atom. The van der Waals surface area contributed by atoms with Crippen molar-refractivity contribution in [2.75, 3.05) is 14.2 Å². The Hall–Kier alpha value is -3.06. The lowest BCUT2D eigenvalue weighted by Gasteiger charge is -2.30. The molecule has 0 saturated heterocycles. The summed E-state index contributed by atoms with van der Waals surface area (Å²) >= 11 is 3.56. The second-order valence-corrected chi connectivity index (χ2v) is 7.94. The first kappa shape index (κ1) is 22.6. The van der Waals surface area contributed by atoms with E-state index in [0.717, 1.165) is 11.1 Å². The van der Waals surface area contributed by atoms with E-state index in [1.54, 1.807) is 13.8 Å². The first-order chi connectivity index (χ1) is 14.9. The number of dihydropyridines is 1. The van der Waals surface area contributed by atoms with Gasteiger partial charge in [0.15, 0.2) is 0 Å². The Bertz CT molecular complexity index is 1020. The molecule has 1 N–H and O–H groups in total. The lowest BCUT2D eigenvalue weighted by molar-refractivity contribution is -0.137. The molecule has 2 aromatic rings. The molecule has 1 aliphatic heterocycles. The zero-order valence-corrected chi connectivity index (χ0v) is 19.4. The normalized spacial score (nSPS) is 14.2. The molecular formula is C24H24BrNO5. The van der Waals surface area contributed by atoms with E-state index in [4.69, 9.17) is 14.2 Å². The lowest BCUT2D eigenvalue weighted by Crippen LogP contribution is -2.32. The highest BCUT2D eigenvalue weighted by atomic mass is 79.9. The van der Waals surface area contributed by atoms with Crippen LogP contribution in [0.5, 0.6) is 5.75 Å². The molecule has 2 aromatic carbocycles. The second-order valence-electron chi connectivity index (χ2n) is 7.08. The molecule has 7 heteroatoms. The average Bonchev–Trinajstić information content (AvgIpc) is 2.77. The Balaban J connectivity index is 1.99. The molecule has 0 unspecified atom stereocenters. The quantitative estimate of drug-likeness (QED) is 0.602. The number of benzene rings is 2. The van der Waals surface area contributed by atoms with Crippen molar-refractivity contribution in [2.45, 2.75) is 26.4 Å². The third-order valence-corrected chi connectivity index (χ3v) is 5.72. The molecule has 0 spiro atoms. The molecular weight excluding hydrogens is 462 g/mol. The minimum absolute atomic E-state index is 0.360. The van der Waals surface area contributed by atoms with Gasteiger partial charge < -0.3 is 19.5 Å². The van der Waals surface area contributed by atoms with Crippen LogP contribution in [0.2, 0.25) is 0 Å². The number of ether oxygens (including phenoxy) is 3. The molecule has 162 valence electrons. The van der Waals surface area contributed by atoms with E-state index in [9.17, 15) is 9.59 Å². The summed E-state index contributed by atoms with van der Waals surface area (Å²) in [5, 5.41) is 3.10. The standard InChI is InChI=1S/C24H24BrNO5/c1-14-20(23(27)29-3)22(21(15(2)26-14)24(28)30-4)17-10-11-19(18(25)12-17)31-13-16-8-6-5-7-9-16/h5-12,22,26H,13H2,1-4H3. The van der Waals surface area contributed by atoms with Crippen LogP contribution in [0, 0.1) is 0 Å². The van der Waals surface area contributed by atoms with Crippen LogP contribution < -0.4 is 10.1 Å². The van der Waals surface area contributed by atoms with Crippen molar-refractivity contribution in [3.63, 3.8) is 0 Å². The van der Waals surface area contributed by atoms with Gasteiger partial charge in [0.1, 0.15) is 12.4 Å². The molecule has 0 radical (unpaired) electrons. The molecule has 3 rings (SSSR count). The molecule has 1 heterocycles. The maximum atomic E-state index is 12.6. The summed E-state index contributed by atoms with van der Waals surface area (Å²) in [4.78, 5) is 25.2. The smallest absolute Gasteiger partial charge is 0.336 e. The molecule has 0 aromatic heterocycles. The van der Waals surface area contributed by atoms with Gasteiger partial charge in [-0.3, -0.25) is 0 Å². The van der Waals surface area contributed by atoms with Gasteiger partial charge >= 0.3 is 11.9 Å². The largest absolute Gasteiger partial charge is 0.488 e. The van der Waals surface area contributed by atoms with Crippen LogP contribution in [-0.4, -0.2) is 26.2 Å². The monoisotopic (exact) mass is 485 g/mol. The number of nitrogens with one attached hydrogen (secondary N) is 1. The van der Waals surface area contributed by atoms with E-state index in [2.05, 4.69) is 21.2 Å². The van der Waals surface area contributed by atoms with Crippen molar-refractivity contribution in [2.24, 2.45) is 0 Å². The highest BCUT2D eigenvalue weighted by Gasteiger charge is 2.37. The van der Waals surface area contributed by atoms with Gasteiger partial charge in [0, 0.05) is 11.4 Å². The van der Waals surface area contributed by atoms with Gasteiger partial charge in [-0.2, -0.15) is 0 Å². The van der Waals surface area contributed by atoms with Gasteiger partial charge in [-0.05, 0) is 53.0 Å². The Labute approximate surface area is 190 Å². The van der Waals surface area contributed by atoms with Gasteiger partial charge in [0.25, 0.3) is 0 Å². The zero-order valence-electron chi connectivity index (χ0n) is 17.8. The SMILES string of the molecule is COC(=O)C1=C(C)NC(C)=C(C(=O)OC)C1c1ccc(OCc2ccccc2)c(Br)c1.